The number of halogens is 3. The van der Waals surface area contributed by atoms with Gasteiger partial charge in [0.2, 0.25) is 0 Å². The number of alkyl halides is 3. The van der Waals surface area contributed by atoms with Gasteiger partial charge in [0.15, 0.2) is 0 Å². The van der Waals surface area contributed by atoms with Crippen LogP contribution in [0.3, 0.4) is 0 Å². The van der Waals surface area contributed by atoms with E-state index >= 15 is 0 Å². The molecule has 0 radical (unpaired) electrons. The molecule has 1 aliphatic carbocycles. The van der Waals surface area contributed by atoms with Crippen LogP contribution in [0, 0.1) is 11.3 Å². The van der Waals surface area contributed by atoms with E-state index in [2.05, 4.69) is 0 Å². The quantitative estimate of drug-likeness (QED) is 0.532. The molecule has 12 heavy (non-hydrogen) atoms. The van der Waals surface area contributed by atoms with Crippen LogP contribution < -0.4 is 0 Å². The molecule has 1 saturated carbocycles. The summed E-state index contributed by atoms with van der Waals surface area (Å²) < 4.78 is 36.6. The molecule has 0 aliphatic heterocycles. The van der Waals surface area contributed by atoms with Gasteiger partial charge in [-0.05, 0) is 31.1 Å². The molecule has 0 N–H and O–H groups in total. The highest BCUT2D eigenvalue weighted by molar-refractivity contribution is 4.81. The van der Waals surface area contributed by atoms with Crippen LogP contribution >= 0.6 is 0 Å². The normalized spacial score (nSPS) is 25.8. The summed E-state index contributed by atoms with van der Waals surface area (Å²) in [5.41, 5.74) is 0.127. The van der Waals surface area contributed by atoms with Crippen molar-refractivity contribution in [2.24, 2.45) is 11.3 Å². The lowest BCUT2D eigenvalue weighted by molar-refractivity contribution is -0.186. The van der Waals surface area contributed by atoms with Gasteiger partial charge in [-0.25, -0.2) is 0 Å². The molecule has 0 heterocycles. The summed E-state index contributed by atoms with van der Waals surface area (Å²) in [6.07, 6.45) is -1.92. The number of hydrogen-bond donors (Lipinski definition) is 0. The summed E-state index contributed by atoms with van der Waals surface area (Å²) in [5.74, 6) is -1.04. The van der Waals surface area contributed by atoms with Crippen LogP contribution in [0.5, 0.6) is 0 Å². The second kappa shape index (κ2) is 2.93. The Bertz CT molecular complexity index is 148. The Labute approximate surface area is 71.1 Å². The van der Waals surface area contributed by atoms with Crippen molar-refractivity contribution in [2.75, 3.05) is 0 Å². The van der Waals surface area contributed by atoms with Crippen LogP contribution in [0.2, 0.25) is 0 Å². The Hall–Kier alpha value is -0.210. The third-order valence-electron chi connectivity index (χ3n) is 2.80. The summed E-state index contributed by atoms with van der Waals surface area (Å²) in [7, 11) is 0. The molecule has 0 bridgehead atoms. The van der Waals surface area contributed by atoms with Gasteiger partial charge in [0.25, 0.3) is 0 Å². The Morgan fingerprint density at radius 1 is 1.08 bits per heavy atom. The topological polar surface area (TPSA) is 0 Å². The average Bonchev–Trinajstić information content (AvgIpc) is 1.83. The molecule has 0 unspecified atom stereocenters. The van der Waals surface area contributed by atoms with E-state index in [1.165, 1.54) is 0 Å². The molecule has 0 aromatic rings. The van der Waals surface area contributed by atoms with Gasteiger partial charge in [0.05, 0.1) is 5.92 Å². The monoisotopic (exact) mass is 180 g/mol. The maximum absolute atomic E-state index is 12.2. The van der Waals surface area contributed by atoms with E-state index in [1.54, 1.807) is 0 Å². The van der Waals surface area contributed by atoms with Gasteiger partial charge in [-0.2, -0.15) is 13.2 Å². The van der Waals surface area contributed by atoms with E-state index in [9.17, 15) is 13.2 Å². The molecule has 1 rings (SSSR count). The molecule has 0 aromatic carbocycles. The van der Waals surface area contributed by atoms with E-state index in [-0.39, 0.29) is 5.41 Å². The van der Waals surface area contributed by atoms with Crippen LogP contribution in [0.15, 0.2) is 0 Å². The van der Waals surface area contributed by atoms with Gasteiger partial charge >= 0.3 is 6.18 Å². The predicted molar refractivity (Wildman–Crippen MR) is 41.8 cm³/mol. The first-order valence-corrected chi connectivity index (χ1v) is 4.38. The van der Waals surface area contributed by atoms with Crippen molar-refractivity contribution in [3.8, 4) is 0 Å². The van der Waals surface area contributed by atoms with Gasteiger partial charge in [-0.3, -0.25) is 0 Å². The second-order valence-corrected chi connectivity index (χ2v) is 4.48. The Morgan fingerprint density at radius 2 is 1.50 bits per heavy atom. The molecule has 72 valence electrons. The van der Waals surface area contributed by atoms with Crippen molar-refractivity contribution in [1.29, 1.82) is 0 Å². The summed E-state index contributed by atoms with van der Waals surface area (Å²) in [6.45, 7) is 4.08. The van der Waals surface area contributed by atoms with Crippen molar-refractivity contribution in [1.82, 2.24) is 0 Å². The molecule has 0 spiro atoms. The fourth-order valence-electron chi connectivity index (χ4n) is 1.73. The molecule has 0 atom stereocenters. The highest BCUT2D eigenvalue weighted by Crippen LogP contribution is 2.44. The zero-order chi connectivity index (χ0) is 9.41. The zero-order valence-corrected chi connectivity index (χ0v) is 7.54. The molecule has 0 nitrogen and oxygen atoms in total. The standard InChI is InChI=1S/C9H15F3/c1-8(2)5-3-7(4-6-8)9(10,11)12/h7H,3-6H2,1-2H3. The molecular weight excluding hydrogens is 165 g/mol. The van der Waals surface area contributed by atoms with Crippen molar-refractivity contribution in [2.45, 2.75) is 45.7 Å². The fraction of sp³-hybridized carbons (Fsp3) is 1.00. The highest BCUT2D eigenvalue weighted by Gasteiger charge is 2.42. The van der Waals surface area contributed by atoms with Gasteiger partial charge in [0.1, 0.15) is 0 Å². The third kappa shape index (κ3) is 2.39. The second-order valence-electron chi connectivity index (χ2n) is 4.48. The minimum absolute atomic E-state index is 0.127. The van der Waals surface area contributed by atoms with Crippen molar-refractivity contribution >= 4 is 0 Å². The Balaban J connectivity index is 2.47. The van der Waals surface area contributed by atoms with Crippen LogP contribution in [-0.2, 0) is 0 Å². The predicted octanol–water partition coefficient (Wildman–Crippen LogP) is 3.77. The molecule has 0 aromatic heterocycles. The molecule has 0 saturated heterocycles. The van der Waals surface area contributed by atoms with Gasteiger partial charge in [0, 0.05) is 0 Å². The first kappa shape index (κ1) is 9.87. The van der Waals surface area contributed by atoms with E-state index in [0.717, 1.165) is 0 Å². The lowest BCUT2D eigenvalue weighted by atomic mass is 9.73. The number of rotatable bonds is 0. The lowest BCUT2D eigenvalue weighted by Crippen LogP contribution is -2.30. The maximum Gasteiger partial charge on any atom is 0.391 e. The first-order chi connectivity index (χ1) is 5.31. The minimum Gasteiger partial charge on any atom is -0.171 e. The first-order valence-electron chi connectivity index (χ1n) is 4.38. The van der Waals surface area contributed by atoms with Gasteiger partial charge in [-0.15, -0.1) is 0 Å². The molecular formula is C9H15F3. The minimum atomic E-state index is -3.96. The molecule has 0 amide bonds. The molecule has 1 aliphatic rings. The smallest absolute Gasteiger partial charge is 0.171 e. The van der Waals surface area contributed by atoms with Crippen molar-refractivity contribution < 1.29 is 13.2 Å². The largest absolute Gasteiger partial charge is 0.391 e. The zero-order valence-electron chi connectivity index (χ0n) is 7.54. The van der Waals surface area contributed by atoms with Crippen LogP contribution in [0.1, 0.15) is 39.5 Å². The summed E-state index contributed by atoms with van der Waals surface area (Å²) in [4.78, 5) is 0. The number of hydrogen-bond acceptors (Lipinski definition) is 0. The van der Waals surface area contributed by atoms with E-state index in [1.807, 2.05) is 13.8 Å². The van der Waals surface area contributed by atoms with Crippen molar-refractivity contribution in [3.63, 3.8) is 0 Å². The van der Waals surface area contributed by atoms with Crippen LogP contribution in [0.25, 0.3) is 0 Å². The highest BCUT2D eigenvalue weighted by atomic mass is 19.4. The van der Waals surface area contributed by atoms with Crippen LogP contribution in [-0.4, -0.2) is 6.18 Å². The van der Waals surface area contributed by atoms with Gasteiger partial charge < -0.3 is 0 Å². The lowest BCUT2D eigenvalue weighted by Gasteiger charge is -2.34. The molecule has 3 heteroatoms. The van der Waals surface area contributed by atoms with Crippen molar-refractivity contribution in [3.05, 3.63) is 0 Å². The maximum atomic E-state index is 12.2. The SMILES string of the molecule is CC1(C)CCC(C(F)(F)F)CC1. The van der Waals surface area contributed by atoms with E-state index in [0.29, 0.717) is 25.7 Å². The Morgan fingerprint density at radius 3 is 1.83 bits per heavy atom. The van der Waals surface area contributed by atoms with Crippen LogP contribution in [0.4, 0.5) is 13.2 Å². The molecule has 1 fully saturated rings. The Kier molecular flexibility index (Phi) is 2.41. The van der Waals surface area contributed by atoms with Gasteiger partial charge in [-0.1, -0.05) is 13.8 Å². The van der Waals surface area contributed by atoms with E-state index < -0.39 is 12.1 Å². The summed E-state index contributed by atoms with van der Waals surface area (Å²) in [5, 5.41) is 0. The summed E-state index contributed by atoms with van der Waals surface area (Å²) >= 11 is 0. The summed E-state index contributed by atoms with van der Waals surface area (Å²) in [6, 6.07) is 0. The average molecular weight is 180 g/mol. The van der Waals surface area contributed by atoms with E-state index in [4.69, 9.17) is 0 Å². The third-order valence-corrected chi connectivity index (χ3v) is 2.80. The fourth-order valence-corrected chi connectivity index (χ4v) is 1.73.